The van der Waals surface area contributed by atoms with Crippen molar-refractivity contribution in [3.63, 3.8) is 0 Å². The third-order valence-corrected chi connectivity index (χ3v) is 3.35. The molecule has 1 N–H and O–H groups in total. The molecule has 0 radical (unpaired) electrons. The molecule has 0 spiro atoms. The molecule has 0 atom stereocenters. The molecule has 4 nitrogen and oxygen atoms in total. The minimum absolute atomic E-state index is 0.0625. The van der Waals surface area contributed by atoms with Crippen molar-refractivity contribution >= 4 is 10.0 Å². The molecule has 0 saturated heterocycles. The lowest BCUT2D eigenvalue weighted by molar-refractivity contribution is 0.254. The number of aliphatic hydroxyl groups excluding tert-OH is 1. The Morgan fingerprint density at radius 2 is 2.08 bits per heavy atom. The zero-order chi connectivity index (χ0) is 10.3. The SMILES string of the molecule is C=CCS(=O)(=O)N(CCC)CCO. The van der Waals surface area contributed by atoms with Crippen LogP contribution in [0.1, 0.15) is 13.3 Å². The van der Waals surface area contributed by atoms with Crippen LogP contribution in [-0.2, 0) is 10.0 Å². The van der Waals surface area contributed by atoms with Gasteiger partial charge in [-0.25, -0.2) is 8.42 Å². The number of aliphatic hydroxyl groups is 1. The van der Waals surface area contributed by atoms with Gasteiger partial charge < -0.3 is 5.11 Å². The molecule has 0 heterocycles. The Morgan fingerprint density at radius 3 is 2.46 bits per heavy atom. The van der Waals surface area contributed by atoms with Crippen LogP contribution in [-0.4, -0.2) is 43.3 Å². The maximum atomic E-state index is 11.5. The zero-order valence-electron chi connectivity index (χ0n) is 7.94. The van der Waals surface area contributed by atoms with E-state index in [0.717, 1.165) is 6.42 Å². The minimum atomic E-state index is -3.24. The van der Waals surface area contributed by atoms with E-state index in [2.05, 4.69) is 6.58 Å². The van der Waals surface area contributed by atoms with E-state index in [1.807, 2.05) is 6.92 Å². The van der Waals surface area contributed by atoms with Crippen LogP contribution in [0.2, 0.25) is 0 Å². The summed E-state index contributed by atoms with van der Waals surface area (Å²) in [5, 5.41) is 8.66. The maximum Gasteiger partial charge on any atom is 0.217 e. The van der Waals surface area contributed by atoms with Gasteiger partial charge in [0.2, 0.25) is 10.0 Å². The van der Waals surface area contributed by atoms with Crippen LogP contribution in [0, 0.1) is 0 Å². The molecule has 0 rings (SSSR count). The maximum absolute atomic E-state index is 11.5. The Kier molecular flexibility index (Phi) is 5.94. The monoisotopic (exact) mass is 207 g/mol. The lowest BCUT2D eigenvalue weighted by Crippen LogP contribution is -2.35. The molecule has 0 bridgehead atoms. The van der Waals surface area contributed by atoms with E-state index < -0.39 is 10.0 Å². The first-order valence-corrected chi connectivity index (χ1v) is 5.89. The van der Waals surface area contributed by atoms with Crippen molar-refractivity contribution in [1.29, 1.82) is 0 Å². The zero-order valence-corrected chi connectivity index (χ0v) is 8.76. The summed E-state index contributed by atoms with van der Waals surface area (Å²) in [6.45, 7) is 5.76. The normalized spacial score (nSPS) is 11.9. The number of hydrogen-bond acceptors (Lipinski definition) is 3. The van der Waals surface area contributed by atoms with Crippen LogP contribution in [0.15, 0.2) is 12.7 Å². The second-order valence-corrected chi connectivity index (χ2v) is 4.70. The molecule has 0 aromatic carbocycles. The predicted octanol–water partition coefficient (Wildman–Crippen LogP) is 0.207. The topological polar surface area (TPSA) is 57.6 Å². The highest BCUT2D eigenvalue weighted by molar-refractivity contribution is 7.89. The summed E-state index contributed by atoms with van der Waals surface area (Å²) in [5.41, 5.74) is 0. The molecule has 0 amide bonds. The number of nitrogens with zero attached hydrogens (tertiary/aromatic N) is 1. The Hall–Kier alpha value is -0.390. The fraction of sp³-hybridized carbons (Fsp3) is 0.750. The number of sulfonamides is 1. The minimum Gasteiger partial charge on any atom is -0.395 e. The second kappa shape index (κ2) is 6.12. The van der Waals surface area contributed by atoms with Gasteiger partial charge in [0.25, 0.3) is 0 Å². The number of rotatable bonds is 7. The van der Waals surface area contributed by atoms with Crippen LogP contribution in [0.4, 0.5) is 0 Å². The standard InChI is InChI=1S/C8H17NO3S/c1-3-5-9(6-7-10)13(11,12)8-4-2/h4,10H,2-3,5-8H2,1H3. The van der Waals surface area contributed by atoms with E-state index >= 15 is 0 Å². The van der Waals surface area contributed by atoms with Crippen molar-refractivity contribution in [2.75, 3.05) is 25.4 Å². The van der Waals surface area contributed by atoms with E-state index in [1.54, 1.807) is 0 Å². The van der Waals surface area contributed by atoms with Crippen molar-refractivity contribution in [3.8, 4) is 0 Å². The Bertz CT molecular complexity index is 230. The third kappa shape index (κ3) is 4.40. The summed E-state index contributed by atoms with van der Waals surface area (Å²) in [5.74, 6) is -0.0625. The molecule has 0 aliphatic carbocycles. The molecule has 0 saturated carbocycles. The highest BCUT2D eigenvalue weighted by Crippen LogP contribution is 2.02. The smallest absolute Gasteiger partial charge is 0.217 e. The molecule has 0 aromatic heterocycles. The quantitative estimate of drug-likeness (QED) is 0.607. The highest BCUT2D eigenvalue weighted by Gasteiger charge is 2.18. The third-order valence-electron chi connectivity index (χ3n) is 1.54. The van der Waals surface area contributed by atoms with Gasteiger partial charge in [0.1, 0.15) is 0 Å². The van der Waals surface area contributed by atoms with E-state index in [9.17, 15) is 8.42 Å². The molecule has 0 fully saturated rings. The van der Waals surface area contributed by atoms with Gasteiger partial charge in [0.05, 0.1) is 12.4 Å². The van der Waals surface area contributed by atoms with Crippen LogP contribution in [0.5, 0.6) is 0 Å². The van der Waals surface area contributed by atoms with E-state index in [-0.39, 0.29) is 18.9 Å². The summed E-state index contributed by atoms with van der Waals surface area (Å²) >= 11 is 0. The average molecular weight is 207 g/mol. The van der Waals surface area contributed by atoms with Crippen LogP contribution < -0.4 is 0 Å². The second-order valence-electron chi connectivity index (χ2n) is 2.69. The van der Waals surface area contributed by atoms with E-state index in [1.165, 1.54) is 10.4 Å². The van der Waals surface area contributed by atoms with Gasteiger partial charge in [0, 0.05) is 13.1 Å². The Balaban J connectivity index is 4.41. The van der Waals surface area contributed by atoms with E-state index in [0.29, 0.717) is 6.54 Å². The van der Waals surface area contributed by atoms with Crippen LogP contribution in [0.3, 0.4) is 0 Å². The first-order valence-electron chi connectivity index (χ1n) is 4.28. The molecular formula is C8H17NO3S. The predicted molar refractivity (Wildman–Crippen MR) is 52.9 cm³/mol. The van der Waals surface area contributed by atoms with Crippen molar-refractivity contribution in [2.24, 2.45) is 0 Å². The molecule has 13 heavy (non-hydrogen) atoms. The Morgan fingerprint density at radius 1 is 1.46 bits per heavy atom. The highest BCUT2D eigenvalue weighted by atomic mass is 32.2. The summed E-state index contributed by atoms with van der Waals surface area (Å²) in [6, 6.07) is 0. The van der Waals surface area contributed by atoms with Crippen LogP contribution in [0.25, 0.3) is 0 Å². The fourth-order valence-corrected chi connectivity index (χ4v) is 2.33. The van der Waals surface area contributed by atoms with E-state index in [4.69, 9.17) is 5.11 Å². The van der Waals surface area contributed by atoms with Gasteiger partial charge in [-0.1, -0.05) is 13.0 Å². The summed E-state index contributed by atoms with van der Waals surface area (Å²) < 4.78 is 24.2. The lowest BCUT2D eigenvalue weighted by Gasteiger charge is -2.19. The van der Waals surface area contributed by atoms with Crippen molar-refractivity contribution < 1.29 is 13.5 Å². The lowest BCUT2D eigenvalue weighted by atomic mass is 10.5. The van der Waals surface area contributed by atoms with Gasteiger partial charge in [-0.2, -0.15) is 4.31 Å². The fourth-order valence-electron chi connectivity index (χ4n) is 1.01. The van der Waals surface area contributed by atoms with Gasteiger partial charge in [0.15, 0.2) is 0 Å². The van der Waals surface area contributed by atoms with Gasteiger partial charge in [-0.05, 0) is 6.42 Å². The van der Waals surface area contributed by atoms with Gasteiger partial charge in [-0.15, -0.1) is 6.58 Å². The van der Waals surface area contributed by atoms with Crippen LogP contribution >= 0.6 is 0 Å². The van der Waals surface area contributed by atoms with Crippen molar-refractivity contribution in [1.82, 2.24) is 4.31 Å². The molecule has 78 valence electrons. The van der Waals surface area contributed by atoms with Crippen molar-refractivity contribution in [3.05, 3.63) is 12.7 Å². The molecular weight excluding hydrogens is 190 g/mol. The first kappa shape index (κ1) is 12.6. The first-order chi connectivity index (χ1) is 6.08. The number of hydrogen-bond donors (Lipinski definition) is 1. The van der Waals surface area contributed by atoms with Gasteiger partial charge >= 0.3 is 0 Å². The Labute approximate surface area is 79.9 Å². The average Bonchev–Trinajstić information content (AvgIpc) is 2.04. The van der Waals surface area contributed by atoms with Crippen molar-refractivity contribution in [2.45, 2.75) is 13.3 Å². The molecule has 0 unspecified atom stereocenters. The molecule has 0 aromatic rings. The summed E-state index contributed by atoms with van der Waals surface area (Å²) in [4.78, 5) is 0. The van der Waals surface area contributed by atoms with Gasteiger partial charge in [-0.3, -0.25) is 0 Å². The summed E-state index contributed by atoms with van der Waals surface area (Å²) in [6.07, 6.45) is 2.10. The molecule has 0 aliphatic heterocycles. The molecule has 0 aliphatic rings. The largest absolute Gasteiger partial charge is 0.395 e. The summed E-state index contributed by atoms with van der Waals surface area (Å²) in [7, 11) is -3.24. The molecule has 5 heteroatoms.